The normalized spacial score (nSPS) is 10.0. The summed E-state index contributed by atoms with van der Waals surface area (Å²) in [7, 11) is 0. The van der Waals surface area contributed by atoms with Crippen LogP contribution < -0.4 is 0 Å². The highest BCUT2D eigenvalue weighted by atomic mass is 16.6. The molecule has 0 aliphatic heterocycles. The molecular weight excluding hydrogens is 252 g/mol. The second-order valence-corrected chi connectivity index (χ2v) is 4.49. The molecule has 102 valence electrons. The molecule has 0 fully saturated rings. The summed E-state index contributed by atoms with van der Waals surface area (Å²) in [5.41, 5.74) is 1.90. The number of hydrogen-bond acceptors (Lipinski definition) is 3. The predicted molar refractivity (Wildman–Crippen MR) is 76.0 cm³/mol. The number of hydrogen-bond donors (Lipinski definition) is 0. The van der Waals surface area contributed by atoms with Gasteiger partial charge in [-0.25, -0.2) is 0 Å². The van der Waals surface area contributed by atoms with E-state index >= 15 is 0 Å². The van der Waals surface area contributed by atoms with Crippen molar-refractivity contribution in [1.82, 2.24) is 0 Å². The maximum atomic E-state index is 11.6. The van der Waals surface area contributed by atoms with Crippen LogP contribution in [0.5, 0.6) is 0 Å². The van der Waals surface area contributed by atoms with Gasteiger partial charge in [0.15, 0.2) is 0 Å². The Morgan fingerprint density at radius 1 is 0.750 bits per heavy atom. The Balaban J connectivity index is 1.75. The van der Waals surface area contributed by atoms with Gasteiger partial charge in [-0.3, -0.25) is 9.59 Å². The van der Waals surface area contributed by atoms with Crippen LogP contribution in [0, 0.1) is 0 Å². The molecule has 0 saturated carbocycles. The average molecular weight is 268 g/mol. The van der Waals surface area contributed by atoms with E-state index in [0.717, 1.165) is 11.1 Å². The molecule has 0 unspecified atom stereocenters. The lowest BCUT2D eigenvalue weighted by molar-refractivity contribution is -0.159. The van der Waals surface area contributed by atoms with Crippen LogP contribution in [-0.2, 0) is 27.2 Å². The molecule has 2 rings (SSSR count). The zero-order valence-corrected chi connectivity index (χ0v) is 11.1. The average Bonchev–Trinajstić information content (AvgIpc) is 2.47. The lowest BCUT2D eigenvalue weighted by atomic mass is 10.1. The topological polar surface area (TPSA) is 43.4 Å². The minimum Gasteiger partial charge on any atom is -0.393 e. The van der Waals surface area contributed by atoms with E-state index in [-0.39, 0.29) is 12.8 Å². The van der Waals surface area contributed by atoms with Crippen LogP contribution in [0.2, 0.25) is 0 Å². The molecule has 2 aromatic rings. The molecular formula is C17H16O3. The monoisotopic (exact) mass is 268 g/mol. The first-order valence-electron chi connectivity index (χ1n) is 6.55. The molecule has 0 aliphatic carbocycles. The fourth-order valence-corrected chi connectivity index (χ4v) is 1.87. The van der Waals surface area contributed by atoms with Gasteiger partial charge in [-0.1, -0.05) is 60.7 Å². The number of aryl methyl sites for hydroxylation is 1. The van der Waals surface area contributed by atoms with Crippen molar-refractivity contribution in [3.8, 4) is 0 Å². The van der Waals surface area contributed by atoms with E-state index in [9.17, 15) is 9.59 Å². The summed E-state index contributed by atoms with van der Waals surface area (Å²) in [5, 5.41) is 0. The highest BCUT2D eigenvalue weighted by Gasteiger charge is 2.11. The van der Waals surface area contributed by atoms with Gasteiger partial charge in [-0.15, -0.1) is 0 Å². The van der Waals surface area contributed by atoms with E-state index in [1.807, 2.05) is 60.7 Å². The van der Waals surface area contributed by atoms with Crippen molar-refractivity contribution in [2.45, 2.75) is 19.3 Å². The van der Waals surface area contributed by atoms with Crippen LogP contribution in [0.15, 0.2) is 60.7 Å². The van der Waals surface area contributed by atoms with Crippen molar-refractivity contribution in [3.63, 3.8) is 0 Å². The molecule has 20 heavy (non-hydrogen) atoms. The van der Waals surface area contributed by atoms with Crippen molar-refractivity contribution in [3.05, 3.63) is 71.8 Å². The molecule has 0 aliphatic rings. The largest absolute Gasteiger partial charge is 0.393 e. The summed E-state index contributed by atoms with van der Waals surface area (Å²) < 4.78 is 4.80. The van der Waals surface area contributed by atoms with E-state index in [1.54, 1.807) is 0 Å². The minimum atomic E-state index is -0.505. The first-order chi connectivity index (χ1) is 9.74. The summed E-state index contributed by atoms with van der Waals surface area (Å²) in [6.07, 6.45) is 0.917. The van der Waals surface area contributed by atoms with Crippen molar-refractivity contribution < 1.29 is 14.3 Å². The second kappa shape index (κ2) is 7.24. The third-order valence-electron chi connectivity index (χ3n) is 2.88. The number of carbonyl (C=O) groups excluding carboxylic acids is 2. The van der Waals surface area contributed by atoms with Gasteiger partial charge in [0, 0.05) is 0 Å². The Bertz CT molecular complexity index is 561. The smallest absolute Gasteiger partial charge is 0.317 e. The summed E-state index contributed by atoms with van der Waals surface area (Å²) in [5.74, 6) is -0.982. The number of ether oxygens (including phenoxy) is 1. The lowest BCUT2D eigenvalue weighted by Crippen LogP contribution is -2.14. The van der Waals surface area contributed by atoms with Crippen LogP contribution in [0.4, 0.5) is 0 Å². The molecule has 0 spiro atoms. The molecule has 0 bridgehead atoms. The molecule has 0 aromatic heterocycles. The summed E-state index contributed by atoms with van der Waals surface area (Å²) in [6, 6.07) is 18.9. The first kappa shape index (κ1) is 14.0. The molecule has 0 radical (unpaired) electrons. The van der Waals surface area contributed by atoms with Crippen LogP contribution in [0.25, 0.3) is 0 Å². The van der Waals surface area contributed by atoms with Crippen molar-refractivity contribution in [2.75, 3.05) is 0 Å². The van der Waals surface area contributed by atoms with E-state index < -0.39 is 11.9 Å². The van der Waals surface area contributed by atoms with Gasteiger partial charge >= 0.3 is 11.9 Å². The zero-order chi connectivity index (χ0) is 14.2. The van der Waals surface area contributed by atoms with Gasteiger partial charge in [0.25, 0.3) is 0 Å². The standard InChI is InChI=1S/C17H16O3/c18-16(12-11-14-7-3-1-4-8-14)20-17(19)13-15-9-5-2-6-10-15/h1-10H,11-13H2. The third-order valence-corrected chi connectivity index (χ3v) is 2.88. The van der Waals surface area contributed by atoms with Crippen LogP contribution in [0.1, 0.15) is 17.5 Å². The van der Waals surface area contributed by atoms with Gasteiger partial charge in [0.05, 0.1) is 12.8 Å². The minimum absolute atomic E-state index is 0.123. The highest BCUT2D eigenvalue weighted by Crippen LogP contribution is 2.05. The van der Waals surface area contributed by atoms with E-state index in [1.165, 1.54) is 0 Å². The first-order valence-corrected chi connectivity index (χ1v) is 6.55. The summed E-state index contributed by atoms with van der Waals surface area (Å²) in [6.45, 7) is 0. The number of carbonyl (C=O) groups is 2. The van der Waals surface area contributed by atoms with E-state index in [0.29, 0.717) is 6.42 Å². The van der Waals surface area contributed by atoms with Gasteiger partial charge in [0.2, 0.25) is 0 Å². The number of benzene rings is 2. The fourth-order valence-electron chi connectivity index (χ4n) is 1.87. The quantitative estimate of drug-likeness (QED) is 0.618. The van der Waals surface area contributed by atoms with Gasteiger partial charge < -0.3 is 4.74 Å². The van der Waals surface area contributed by atoms with Gasteiger partial charge in [-0.05, 0) is 17.5 Å². The third kappa shape index (κ3) is 4.69. The van der Waals surface area contributed by atoms with Crippen molar-refractivity contribution in [2.24, 2.45) is 0 Å². The van der Waals surface area contributed by atoms with Crippen LogP contribution >= 0.6 is 0 Å². The van der Waals surface area contributed by atoms with Crippen molar-refractivity contribution in [1.29, 1.82) is 0 Å². The molecule has 0 N–H and O–H groups in total. The molecule has 0 heterocycles. The maximum Gasteiger partial charge on any atom is 0.317 e. The van der Waals surface area contributed by atoms with Gasteiger partial charge in [0.1, 0.15) is 0 Å². The summed E-state index contributed by atoms with van der Waals surface area (Å²) in [4.78, 5) is 23.2. The fraction of sp³-hybridized carbons (Fsp3) is 0.176. The molecule has 0 amide bonds. The Morgan fingerprint density at radius 3 is 1.90 bits per heavy atom. The van der Waals surface area contributed by atoms with Gasteiger partial charge in [-0.2, -0.15) is 0 Å². The lowest BCUT2D eigenvalue weighted by Gasteiger charge is -2.03. The number of esters is 2. The maximum absolute atomic E-state index is 11.6. The Morgan fingerprint density at radius 2 is 1.30 bits per heavy atom. The molecule has 0 saturated heterocycles. The van der Waals surface area contributed by atoms with Crippen LogP contribution in [0.3, 0.4) is 0 Å². The molecule has 3 heteroatoms. The Kier molecular flexibility index (Phi) is 5.07. The van der Waals surface area contributed by atoms with Crippen molar-refractivity contribution >= 4 is 11.9 Å². The Labute approximate surface area is 118 Å². The Hall–Kier alpha value is -2.42. The molecule has 3 nitrogen and oxygen atoms in total. The molecule has 0 atom stereocenters. The number of rotatable bonds is 5. The summed E-state index contributed by atoms with van der Waals surface area (Å²) >= 11 is 0. The molecule has 2 aromatic carbocycles. The SMILES string of the molecule is O=C(CCc1ccccc1)OC(=O)Cc1ccccc1. The zero-order valence-electron chi connectivity index (χ0n) is 11.1. The van der Waals surface area contributed by atoms with E-state index in [4.69, 9.17) is 4.74 Å². The van der Waals surface area contributed by atoms with E-state index in [2.05, 4.69) is 0 Å². The second-order valence-electron chi connectivity index (χ2n) is 4.49. The van der Waals surface area contributed by atoms with Crippen LogP contribution in [-0.4, -0.2) is 11.9 Å². The predicted octanol–water partition coefficient (Wildman–Crippen LogP) is 2.93. The highest BCUT2D eigenvalue weighted by molar-refractivity contribution is 5.86.